The lowest BCUT2D eigenvalue weighted by Crippen LogP contribution is -2.31. The second kappa shape index (κ2) is 6.82. The summed E-state index contributed by atoms with van der Waals surface area (Å²) in [5.74, 6) is -1.12. The molecular weight excluding hydrogens is 311 g/mol. The number of hydrogen-bond acceptors (Lipinski definition) is 4. The first kappa shape index (κ1) is 15.5. The van der Waals surface area contributed by atoms with Crippen molar-refractivity contribution < 1.29 is 9.18 Å². The van der Waals surface area contributed by atoms with Crippen LogP contribution in [0, 0.1) is 5.82 Å². The molecule has 1 N–H and O–H groups in total. The summed E-state index contributed by atoms with van der Waals surface area (Å²) in [4.78, 5) is 27.9. The van der Waals surface area contributed by atoms with Gasteiger partial charge in [-0.1, -0.05) is 42.5 Å². The Bertz CT molecular complexity index is 925. The van der Waals surface area contributed by atoms with Crippen LogP contribution in [0.3, 0.4) is 0 Å². The largest absolute Gasteiger partial charge is 0.365 e. The van der Waals surface area contributed by atoms with Crippen molar-refractivity contribution in [1.82, 2.24) is 14.8 Å². The van der Waals surface area contributed by atoms with Crippen molar-refractivity contribution in [2.24, 2.45) is 0 Å². The van der Waals surface area contributed by atoms with E-state index in [1.165, 1.54) is 24.4 Å². The third kappa shape index (κ3) is 3.52. The molecule has 0 aliphatic heterocycles. The number of amides is 1. The van der Waals surface area contributed by atoms with Gasteiger partial charge in [0, 0.05) is 5.56 Å². The Morgan fingerprint density at radius 3 is 2.50 bits per heavy atom. The van der Waals surface area contributed by atoms with Gasteiger partial charge in [-0.15, -0.1) is 0 Å². The van der Waals surface area contributed by atoms with Crippen LogP contribution in [0.4, 0.5) is 10.1 Å². The maximum atomic E-state index is 13.5. The summed E-state index contributed by atoms with van der Waals surface area (Å²) in [6.07, 6.45) is 1.41. The summed E-state index contributed by atoms with van der Waals surface area (Å²) in [6, 6.07) is 14.9. The van der Waals surface area contributed by atoms with Crippen LogP contribution < -0.4 is 11.0 Å². The van der Waals surface area contributed by atoms with Gasteiger partial charge in [0.1, 0.15) is 12.4 Å². The predicted molar refractivity (Wildman–Crippen MR) is 86.8 cm³/mol. The van der Waals surface area contributed by atoms with Crippen molar-refractivity contribution in [3.05, 3.63) is 77.1 Å². The van der Waals surface area contributed by atoms with E-state index in [2.05, 4.69) is 15.4 Å². The fraction of sp³-hybridized carbons (Fsp3) is 0.0588. The van der Waals surface area contributed by atoms with Gasteiger partial charge >= 0.3 is 5.69 Å². The number of carbonyl (C=O) groups is 1. The maximum Gasteiger partial charge on any atom is 0.365 e. The number of rotatable bonds is 4. The first-order chi connectivity index (χ1) is 11.6. The van der Waals surface area contributed by atoms with E-state index in [1.807, 2.05) is 18.2 Å². The second-order valence-corrected chi connectivity index (χ2v) is 4.98. The fourth-order valence-corrected chi connectivity index (χ4v) is 2.11. The first-order valence-electron chi connectivity index (χ1n) is 7.17. The van der Waals surface area contributed by atoms with Crippen molar-refractivity contribution in [3.63, 3.8) is 0 Å². The number of hydrogen-bond donors (Lipinski definition) is 1. The number of nitrogens with one attached hydrogen (secondary N) is 1. The lowest BCUT2D eigenvalue weighted by atomic mass is 10.2. The molecule has 2 aromatic carbocycles. The van der Waals surface area contributed by atoms with Crippen molar-refractivity contribution in [3.8, 4) is 11.3 Å². The van der Waals surface area contributed by atoms with Crippen LogP contribution in [-0.2, 0) is 11.3 Å². The van der Waals surface area contributed by atoms with Gasteiger partial charge in [0.25, 0.3) is 0 Å². The molecule has 0 radical (unpaired) electrons. The van der Waals surface area contributed by atoms with Gasteiger partial charge in [-0.3, -0.25) is 4.79 Å². The molecule has 3 rings (SSSR count). The van der Waals surface area contributed by atoms with Gasteiger partial charge in [-0.2, -0.15) is 10.1 Å². The highest BCUT2D eigenvalue weighted by molar-refractivity contribution is 5.90. The van der Waals surface area contributed by atoms with E-state index in [0.717, 1.165) is 10.2 Å². The van der Waals surface area contributed by atoms with E-state index in [-0.39, 0.29) is 12.2 Å². The molecule has 1 aromatic heterocycles. The standard InChI is InChI=1S/C17H13FN4O2/c18-13-8-4-5-9-14(13)20-16(23)11-22-17(24)21-15(10-19-22)12-6-2-1-3-7-12/h1-10H,11H2,(H,20,23). The Hall–Kier alpha value is -3.35. The Morgan fingerprint density at radius 1 is 1.08 bits per heavy atom. The van der Waals surface area contributed by atoms with Crippen LogP contribution in [-0.4, -0.2) is 20.7 Å². The zero-order valence-corrected chi connectivity index (χ0v) is 12.5. The minimum absolute atomic E-state index is 0.0458. The number of halogens is 1. The maximum absolute atomic E-state index is 13.5. The molecule has 0 aliphatic rings. The highest BCUT2D eigenvalue weighted by Gasteiger charge is 2.10. The summed E-state index contributed by atoms with van der Waals surface area (Å²) in [7, 11) is 0. The summed E-state index contributed by atoms with van der Waals surface area (Å²) in [5.41, 5.74) is 0.570. The number of anilines is 1. The quantitative estimate of drug-likeness (QED) is 0.797. The van der Waals surface area contributed by atoms with Crippen molar-refractivity contribution >= 4 is 11.6 Å². The van der Waals surface area contributed by atoms with Crippen molar-refractivity contribution in [2.75, 3.05) is 5.32 Å². The lowest BCUT2D eigenvalue weighted by molar-refractivity contribution is -0.117. The van der Waals surface area contributed by atoms with E-state index in [4.69, 9.17) is 0 Å². The SMILES string of the molecule is O=C(Cn1ncc(-c2ccccc2)nc1=O)Nc1ccccc1F. The topological polar surface area (TPSA) is 76.9 Å². The van der Waals surface area contributed by atoms with E-state index in [9.17, 15) is 14.0 Å². The van der Waals surface area contributed by atoms with Crippen LogP contribution in [0.2, 0.25) is 0 Å². The van der Waals surface area contributed by atoms with Gasteiger partial charge in [0.15, 0.2) is 0 Å². The molecule has 1 heterocycles. The minimum atomic E-state index is -0.653. The monoisotopic (exact) mass is 324 g/mol. The zero-order chi connectivity index (χ0) is 16.9. The number of benzene rings is 2. The van der Waals surface area contributed by atoms with E-state index < -0.39 is 17.4 Å². The van der Waals surface area contributed by atoms with Crippen LogP contribution >= 0.6 is 0 Å². The second-order valence-electron chi connectivity index (χ2n) is 4.98. The van der Waals surface area contributed by atoms with Gasteiger partial charge in [0.05, 0.1) is 17.6 Å². The molecule has 0 atom stereocenters. The molecule has 7 heteroatoms. The van der Waals surface area contributed by atoms with E-state index in [0.29, 0.717) is 5.69 Å². The van der Waals surface area contributed by atoms with Gasteiger partial charge in [-0.25, -0.2) is 13.9 Å². The average molecular weight is 324 g/mol. The summed E-state index contributed by atoms with van der Waals surface area (Å²) >= 11 is 0. The normalized spacial score (nSPS) is 10.4. The Morgan fingerprint density at radius 2 is 1.79 bits per heavy atom. The number of para-hydroxylation sites is 1. The number of aromatic nitrogens is 3. The molecule has 0 spiro atoms. The van der Waals surface area contributed by atoms with E-state index in [1.54, 1.807) is 18.2 Å². The smallest absolute Gasteiger partial charge is 0.322 e. The molecule has 24 heavy (non-hydrogen) atoms. The molecular formula is C17H13FN4O2. The Kier molecular flexibility index (Phi) is 4.42. The summed E-state index contributed by atoms with van der Waals surface area (Å²) < 4.78 is 14.4. The Labute approximate surface area is 136 Å². The van der Waals surface area contributed by atoms with Gasteiger partial charge < -0.3 is 5.32 Å². The molecule has 1 amide bonds. The van der Waals surface area contributed by atoms with Crippen molar-refractivity contribution in [1.29, 1.82) is 0 Å². The van der Waals surface area contributed by atoms with E-state index >= 15 is 0 Å². The zero-order valence-electron chi connectivity index (χ0n) is 12.5. The third-order valence-electron chi connectivity index (χ3n) is 3.27. The molecule has 0 unspecified atom stereocenters. The number of nitrogens with zero attached hydrogens (tertiary/aromatic N) is 3. The molecule has 120 valence electrons. The first-order valence-corrected chi connectivity index (χ1v) is 7.17. The summed E-state index contributed by atoms with van der Waals surface area (Å²) in [5, 5.41) is 6.34. The predicted octanol–water partition coefficient (Wildman–Crippen LogP) is 2.08. The van der Waals surface area contributed by atoms with Crippen molar-refractivity contribution in [2.45, 2.75) is 6.54 Å². The van der Waals surface area contributed by atoms with Crippen LogP contribution in [0.5, 0.6) is 0 Å². The highest BCUT2D eigenvalue weighted by atomic mass is 19.1. The minimum Gasteiger partial charge on any atom is -0.322 e. The molecule has 0 saturated carbocycles. The molecule has 0 aliphatic carbocycles. The molecule has 3 aromatic rings. The number of carbonyl (C=O) groups excluding carboxylic acids is 1. The fourth-order valence-electron chi connectivity index (χ4n) is 2.11. The molecule has 6 nitrogen and oxygen atoms in total. The third-order valence-corrected chi connectivity index (χ3v) is 3.27. The Balaban J connectivity index is 1.75. The average Bonchev–Trinajstić information content (AvgIpc) is 2.59. The van der Waals surface area contributed by atoms with Crippen LogP contribution in [0.1, 0.15) is 0 Å². The lowest BCUT2D eigenvalue weighted by Gasteiger charge is -2.07. The van der Waals surface area contributed by atoms with Gasteiger partial charge in [-0.05, 0) is 12.1 Å². The van der Waals surface area contributed by atoms with Gasteiger partial charge in [0.2, 0.25) is 5.91 Å². The van der Waals surface area contributed by atoms with Crippen LogP contribution in [0.25, 0.3) is 11.3 Å². The summed E-state index contributed by atoms with van der Waals surface area (Å²) in [6.45, 7) is -0.352. The molecule has 0 bridgehead atoms. The molecule has 0 saturated heterocycles. The molecule has 0 fully saturated rings. The van der Waals surface area contributed by atoms with Crippen LogP contribution in [0.15, 0.2) is 65.6 Å². The highest BCUT2D eigenvalue weighted by Crippen LogP contribution is 2.13.